The Morgan fingerprint density at radius 1 is 1.18 bits per heavy atom. The van der Waals surface area contributed by atoms with E-state index in [1.165, 1.54) is 0 Å². The molecule has 1 amide bonds. The van der Waals surface area contributed by atoms with Gasteiger partial charge >= 0.3 is 0 Å². The van der Waals surface area contributed by atoms with Crippen LogP contribution in [0.25, 0.3) is 10.9 Å². The third kappa shape index (κ3) is 4.08. The number of nitrogens with zero attached hydrogens (tertiary/aromatic N) is 1. The van der Waals surface area contributed by atoms with E-state index in [9.17, 15) is 9.90 Å². The molecular weight excluding hydrogens is 414 g/mol. The number of aliphatic hydroxyl groups excluding tert-OH is 1. The van der Waals surface area contributed by atoms with Gasteiger partial charge in [-0.1, -0.05) is 20.8 Å². The molecule has 2 aromatic carbocycles. The molecule has 0 radical (unpaired) electrons. The number of rotatable bonds is 5. The highest BCUT2D eigenvalue weighted by Gasteiger charge is 2.51. The van der Waals surface area contributed by atoms with Gasteiger partial charge in [-0.3, -0.25) is 4.79 Å². The van der Waals surface area contributed by atoms with Crippen molar-refractivity contribution in [2.24, 2.45) is 10.8 Å². The highest BCUT2D eigenvalue weighted by atomic mass is 16.5. The van der Waals surface area contributed by atoms with Crippen molar-refractivity contribution in [3.8, 4) is 5.75 Å². The first-order chi connectivity index (χ1) is 15.7. The standard InChI is InChI=1S/C27H33N3O3/c1-26(2)12-19-13-27(3,15-26)16-30(19)25(32)17-5-10-23-21(11-17)22(14-28-23)24(31)29-18-6-8-20(33-4)9-7-18/h5-11,14,19,24,28-29,31H,12-13,15-16H2,1-4H3. The van der Waals surface area contributed by atoms with Crippen LogP contribution in [0.1, 0.15) is 62.2 Å². The number of benzene rings is 2. The molecule has 3 unspecified atom stereocenters. The first-order valence-electron chi connectivity index (χ1n) is 11.7. The van der Waals surface area contributed by atoms with E-state index in [-0.39, 0.29) is 16.7 Å². The summed E-state index contributed by atoms with van der Waals surface area (Å²) >= 11 is 0. The summed E-state index contributed by atoms with van der Waals surface area (Å²) in [5.41, 5.74) is 3.53. The van der Waals surface area contributed by atoms with Gasteiger partial charge in [0.25, 0.3) is 5.91 Å². The number of amides is 1. The summed E-state index contributed by atoms with van der Waals surface area (Å²) in [5.74, 6) is 0.849. The zero-order valence-electron chi connectivity index (χ0n) is 19.8. The van der Waals surface area contributed by atoms with E-state index in [0.717, 1.165) is 48.1 Å². The number of ether oxygens (including phenoxy) is 1. The number of carbonyl (C=O) groups is 1. The number of anilines is 1. The number of hydrogen-bond acceptors (Lipinski definition) is 4. The van der Waals surface area contributed by atoms with Crippen LogP contribution >= 0.6 is 0 Å². The largest absolute Gasteiger partial charge is 0.497 e. The fraction of sp³-hybridized carbons (Fsp3) is 0.444. The quantitative estimate of drug-likeness (QED) is 0.463. The minimum atomic E-state index is -0.914. The van der Waals surface area contributed by atoms with Crippen LogP contribution in [0.5, 0.6) is 5.75 Å². The maximum Gasteiger partial charge on any atom is 0.254 e. The molecule has 33 heavy (non-hydrogen) atoms. The van der Waals surface area contributed by atoms with Crippen LogP contribution in [-0.2, 0) is 0 Å². The number of H-pyrrole nitrogens is 1. The molecule has 2 aliphatic rings. The maximum atomic E-state index is 13.6. The second kappa shape index (κ2) is 7.80. The molecule has 1 saturated carbocycles. The number of hydrogen-bond donors (Lipinski definition) is 3. The van der Waals surface area contributed by atoms with Gasteiger partial charge in [0.05, 0.1) is 7.11 Å². The monoisotopic (exact) mass is 447 g/mol. The molecule has 1 aliphatic carbocycles. The van der Waals surface area contributed by atoms with Gasteiger partial charge in [-0.25, -0.2) is 0 Å². The highest BCUT2D eigenvalue weighted by molar-refractivity contribution is 5.99. The van der Waals surface area contributed by atoms with Gasteiger partial charge in [0.1, 0.15) is 5.75 Å². The molecule has 3 N–H and O–H groups in total. The van der Waals surface area contributed by atoms with E-state index in [2.05, 4.69) is 36.0 Å². The third-order valence-electron chi connectivity index (χ3n) is 7.32. The van der Waals surface area contributed by atoms with Gasteiger partial charge in [0.15, 0.2) is 6.23 Å². The Hall–Kier alpha value is -2.99. The topological polar surface area (TPSA) is 77.6 Å². The van der Waals surface area contributed by atoms with E-state index in [1.54, 1.807) is 13.3 Å². The number of carbonyl (C=O) groups excluding carboxylic acids is 1. The van der Waals surface area contributed by atoms with E-state index < -0.39 is 6.23 Å². The van der Waals surface area contributed by atoms with Crippen LogP contribution in [0.3, 0.4) is 0 Å². The lowest BCUT2D eigenvalue weighted by molar-refractivity contribution is 0.0708. The molecule has 5 rings (SSSR count). The third-order valence-corrected chi connectivity index (χ3v) is 7.32. The fourth-order valence-corrected chi connectivity index (χ4v) is 6.29. The van der Waals surface area contributed by atoms with Crippen molar-refractivity contribution in [2.45, 2.75) is 52.3 Å². The van der Waals surface area contributed by atoms with Crippen LogP contribution < -0.4 is 10.1 Å². The molecule has 6 nitrogen and oxygen atoms in total. The summed E-state index contributed by atoms with van der Waals surface area (Å²) in [6.07, 6.45) is 4.18. The number of aliphatic hydroxyl groups is 1. The Bertz CT molecular complexity index is 1180. The highest BCUT2D eigenvalue weighted by Crippen LogP contribution is 2.52. The van der Waals surface area contributed by atoms with Crippen molar-refractivity contribution in [3.05, 3.63) is 59.8 Å². The Balaban J connectivity index is 1.39. The van der Waals surface area contributed by atoms with Crippen molar-refractivity contribution >= 4 is 22.5 Å². The van der Waals surface area contributed by atoms with Gasteiger partial charge < -0.3 is 25.0 Å². The SMILES string of the molecule is COc1ccc(NC(O)c2c[nH]c3ccc(C(=O)N4CC5(C)CC4CC(C)(C)C5)cc23)cc1. The van der Waals surface area contributed by atoms with Crippen molar-refractivity contribution in [1.82, 2.24) is 9.88 Å². The van der Waals surface area contributed by atoms with Crippen LogP contribution in [0.2, 0.25) is 0 Å². The van der Waals surface area contributed by atoms with E-state index >= 15 is 0 Å². The Morgan fingerprint density at radius 2 is 1.94 bits per heavy atom. The number of aromatic amines is 1. The van der Waals surface area contributed by atoms with Crippen LogP contribution in [0.4, 0.5) is 5.69 Å². The van der Waals surface area contributed by atoms with E-state index in [1.807, 2.05) is 42.5 Å². The number of fused-ring (bicyclic) bond motifs is 3. The van der Waals surface area contributed by atoms with Gasteiger partial charge in [-0.05, 0) is 72.6 Å². The molecular formula is C27H33N3O3. The predicted octanol–water partition coefficient (Wildman–Crippen LogP) is 5.32. The Labute approximate surface area is 194 Å². The first kappa shape index (κ1) is 21.8. The molecule has 3 aromatic rings. The summed E-state index contributed by atoms with van der Waals surface area (Å²) in [4.78, 5) is 18.9. The molecule has 1 saturated heterocycles. The van der Waals surface area contributed by atoms with E-state index in [0.29, 0.717) is 17.2 Å². The fourth-order valence-electron chi connectivity index (χ4n) is 6.29. The molecule has 2 heterocycles. The molecule has 2 bridgehead atoms. The number of nitrogens with one attached hydrogen (secondary N) is 2. The van der Waals surface area contributed by atoms with Crippen LogP contribution in [0, 0.1) is 10.8 Å². The van der Waals surface area contributed by atoms with Gasteiger partial charge in [0.2, 0.25) is 0 Å². The van der Waals surface area contributed by atoms with E-state index in [4.69, 9.17) is 4.74 Å². The number of aromatic nitrogens is 1. The molecule has 174 valence electrons. The Kier molecular flexibility index (Phi) is 5.16. The Morgan fingerprint density at radius 3 is 2.67 bits per heavy atom. The average molecular weight is 448 g/mol. The minimum Gasteiger partial charge on any atom is -0.497 e. The minimum absolute atomic E-state index is 0.0908. The summed E-state index contributed by atoms with van der Waals surface area (Å²) in [5, 5.41) is 14.9. The zero-order valence-corrected chi connectivity index (χ0v) is 19.8. The lowest BCUT2D eigenvalue weighted by Crippen LogP contribution is -2.37. The van der Waals surface area contributed by atoms with Crippen LogP contribution in [-0.4, -0.2) is 40.6 Å². The summed E-state index contributed by atoms with van der Waals surface area (Å²) in [6, 6.07) is 13.4. The van der Waals surface area contributed by atoms with Crippen molar-refractivity contribution in [3.63, 3.8) is 0 Å². The summed E-state index contributed by atoms with van der Waals surface area (Å²) in [7, 11) is 1.62. The molecule has 6 heteroatoms. The lowest BCUT2D eigenvalue weighted by Gasteiger charge is -2.39. The summed E-state index contributed by atoms with van der Waals surface area (Å²) in [6.45, 7) is 7.78. The second-order valence-electron chi connectivity index (χ2n) is 10.9. The maximum absolute atomic E-state index is 13.6. The summed E-state index contributed by atoms with van der Waals surface area (Å²) < 4.78 is 5.19. The smallest absolute Gasteiger partial charge is 0.254 e. The first-order valence-corrected chi connectivity index (χ1v) is 11.7. The normalized spacial score (nSPS) is 24.6. The zero-order chi connectivity index (χ0) is 23.4. The van der Waals surface area contributed by atoms with Crippen molar-refractivity contribution in [2.75, 3.05) is 19.0 Å². The molecule has 3 atom stereocenters. The van der Waals surface area contributed by atoms with Crippen molar-refractivity contribution < 1.29 is 14.6 Å². The van der Waals surface area contributed by atoms with Crippen molar-refractivity contribution in [1.29, 1.82) is 0 Å². The second-order valence-corrected chi connectivity index (χ2v) is 10.9. The predicted molar refractivity (Wildman–Crippen MR) is 130 cm³/mol. The van der Waals surface area contributed by atoms with Crippen LogP contribution in [0.15, 0.2) is 48.7 Å². The molecule has 2 fully saturated rings. The van der Waals surface area contributed by atoms with Gasteiger partial charge in [-0.15, -0.1) is 0 Å². The number of likely N-dealkylation sites (tertiary alicyclic amines) is 1. The molecule has 1 aromatic heterocycles. The lowest BCUT2D eigenvalue weighted by atomic mass is 9.65. The molecule has 1 aliphatic heterocycles. The molecule has 0 spiro atoms. The van der Waals surface area contributed by atoms with Gasteiger partial charge in [-0.2, -0.15) is 0 Å². The van der Waals surface area contributed by atoms with Gasteiger partial charge in [0, 0.05) is 46.5 Å². The average Bonchev–Trinajstić information content (AvgIpc) is 3.30. The number of methoxy groups -OCH3 is 1.